The van der Waals surface area contributed by atoms with Crippen molar-refractivity contribution in [1.82, 2.24) is 14.9 Å². The number of benzene rings is 1. The number of carbonyl (C=O) groups is 2. The van der Waals surface area contributed by atoms with E-state index >= 15 is 0 Å². The van der Waals surface area contributed by atoms with Gasteiger partial charge in [0.05, 0.1) is 24.4 Å². The van der Waals surface area contributed by atoms with Crippen LogP contribution in [0.3, 0.4) is 0 Å². The normalized spacial score (nSPS) is 20.9. The zero-order valence-corrected chi connectivity index (χ0v) is 22.1. The van der Waals surface area contributed by atoms with Gasteiger partial charge in [0.1, 0.15) is 18.0 Å². The molecule has 0 saturated carbocycles. The van der Waals surface area contributed by atoms with Crippen LogP contribution in [0, 0.1) is 0 Å². The van der Waals surface area contributed by atoms with E-state index in [4.69, 9.17) is 4.74 Å². The lowest BCUT2D eigenvalue weighted by molar-refractivity contribution is -0.130. The molecule has 1 saturated heterocycles. The SMILES string of the molecule is CN1CCCNc2ncnc3c2/C(=C/Nc2ccc(N4CCOCC4)c(c2)CCCCCCC1=O)C(=O)N3. The summed E-state index contributed by atoms with van der Waals surface area (Å²) >= 11 is 0. The van der Waals surface area contributed by atoms with Crippen molar-refractivity contribution >= 4 is 40.4 Å². The molecule has 2 aromatic rings. The Bertz CT molecular complexity index is 1190. The second-order valence-electron chi connectivity index (χ2n) is 10.1. The van der Waals surface area contributed by atoms with Gasteiger partial charge in [0.2, 0.25) is 5.91 Å². The van der Waals surface area contributed by atoms with Crippen LogP contribution < -0.4 is 20.9 Å². The van der Waals surface area contributed by atoms with E-state index in [0.29, 0.717) is 42.3 Å². The Balaban J connectivity index is 1.43. The molecule has 3 aliphatic rings. The molecule has 0 unspecified atom stereocenters. The predicted molar refractivity (Wildman–Crippen MR) is 149 cm³/mol. The second kappa shape index (κ2) is 12.3. The molecule has 202 valence electrons. The Hall–Kier alpha value is -3.66. The molecule has 2 amide bonds. The average molecular weight is 520 g/mol. The smallest absolute Gasteiger partial charge is 0.259 e. The highest BCUT2D eigenvalue weighted by Crippen LogP contribution is 2.35. The van der Waals surface area contributed by atoms with E-state index in [9.17, 15) is 9.59 Å². The van der Waals surface area contributed by atoms with Crippen molar-refractivity contribution in [2.45, 2.75) is 44.9 Å². The van der Waals surface area contributed by atoms with Gasteiger partial charge in [-0.2, -0.15) is 0 Å². The number of ether oxygens (including phenoxy) is 1. The number of hydrogen-bond acceptors (Lipinski definition) is 8. The van der Waals surface area contributed by atoms with Crippen LogP contribution in [-0.2, 0) is 20.7 Å². The lowest BCUT2D eigenvalue weighted by Crippen LogP contribution is -2.36. The monoisotopic (exact) mass is 519 g/mol. The number of rotatable bonds is 1. The first-order valence-corrected chi connectivity index (χ1v) is 13.7. The topological polar surface area (TPSA) is 112 Å². The molecule has 4 heterocycles. The van der Waals surface area contributed by atoms with E-state index in [0.717, 1.165) is 70.5 Å². The minimum atomic E-state index is -0.214. The molecule has 1 fully saturated rings. The maximum atomic E-state index is 12.8. The van der Waals surface area contributed by atoms with Crippen molar-refractivity contribution in [3.05, 3.63) is 41.9 Å². The number of morpholine rings is 1. The largest absolute Gasteiger partial charge is 0.378 e. The van der Waals surface area contributed by atoms with Gasteiger partial charge in [0.25, 0.3) is 5.91 Å². The second-order valence-corrected chi connectivity index (χ2v) is 10.1. The number of fused-ring (bicyclic) bond motifs is 2. The van der Waals surface area contributed by atoms with Crippen LogP contribution in [0.1, 0.15) is 49.7 Å². The van der Waals surface area contributed by atoms with E-state index < -0.39 is 0 Å². The molecule has 0 aliphatic carbocycles. The van der Waals surface area contributed by atoms with Gasteiger partial charge in [-0.25, -0.2) is 9.97 Å². The summed E-state index contributed by atoms with van der Waals surface area (Å²) in [5, 5.41) is 9.54. The van der Waals surface area contributed by atoms with Gasteiger partial charge >= 0.3 is 0 Å². The predicted octanol–water partition coefficient (Wildman–Crippen LogP) is 3.49. The highest BCUT2D eigenvalue weighted by Gasteiger charge is 2.29. The highest BCUT2D eigenvalue weighted by atomic mass is 16.5. The zero-order valence-electron chi connectivity index (χ0n) is 22.1. The molecular weight excluding hydrogens is 482 g/mol. The quantitative estimate of drug-likeness (QED) is 0.525. The van der Waals surface area contributed by atoms with Gasteiger partial charge in [0, 0.05) is 57.2 Å². The molecule has 2 bridgehead atoms. The molecule has 10 heteroatoms. The minimum absolute atomic E-state index is 0.190. The maximum absolute atomic E-state index is 12.8. The van der Waals surface area contributed by atoms with Crippen LogP contribution in [-0.4, -0.2) is 73.1 Å². The summed E-state index contributed by atoms with van der Waals surface area (Å²) in [6.45, 7) is 4.53. The van der Waals surface area contributed by atoms with Crippen LogP contribution >= 0.6 is 0 Å². The van der Waals surface area contributed by atoms with Crippen LogP contribution in [0.4, 0.5) is 23.0 Å². The zero-order chi connectivity index (χ0) is 26.3. The summed E-state index contributed by atoms with van der Waals surface area (Å²) in [4.78, 5) is 38.3. The highest BCUT2D eigenvalue weighted by molar-refractivity contribution is 6.32. The summed E-state index contributed by atoms with van der Waals surface area (Å²) in [7, 11) is 1.87. The fraction of sp³-hybridized carbons (Fsp3) is 0.500. The molecule has 3 N–H and O–H groups in total. The summed E-state index contributed by atoms with van der Waals surface area (Å²) in [5.74, 6) is 1.08. The van der Waals surface area contributed by atoms with Crippen molar-refractivity contribution in [1.29, 1.82) is 0 Å². The van der Waals surface area contributed by atoms with Crippen LogP contribution in [0.2, 0.25) is 0 Å². The Morgan fingerprint density at radius 2 is 1.71 bits per heavy atom. The van der Waals surface area contributed by atoms with E-state index in [-0.39, 0.29) is 11.8 Å². The number of aryl methyl sites for hydroxylation is 1. The van der Waals surface area contributed by atoms with Crippen LogP contribution in [0.15, 0.2) is 30.7 Å². The number of anilines is 4. The lowest BCUT2D eigenvalue weighted by Gasteiger charge is -2.31. The minimum Gasteiger partial charge on any atom is -0.378 e. The van der Waals surface area contributed by atoms with E-state index in [1.54, 1.807) is 6.20 Å². The molecule has 38 heavy (non-hydrogen) atoms. The third-order valence-corrected chi connectivity index (χ3v) is 7.38. The van der Waals surface area contributed by atoms with Gasteiger partial charge in [-0.1, -0.05) is 12.8 Å². The Kier molecular flexibility index (Phi) is 8.37. The van der Waals surface area contributed by atoms with Crippen molar-refractivity contribution in [3.63, 3.8) is 0 Å². The standard InChI is InChI=1S/C28H37N7O3/c1-34-12-6-11-29-26-25-22(28(37)33-27(25)32-19-31-26)18-30-21-9-10-23(35-13-15-38-16-14-35)20(17-21)7-4-2-3-5-8-24(34)36/h9-10,17-19,30H,2-8,11-16H2,1H3,(H2,29,31,32,33,37)/b22-18-. The Morgan fingerprint density at radius 1 is 0.921 bits per heavy atom. The molecule has 0 atom stereocenters. The molecule has 5 rings (SSSR count). The van der Waals surface area contributed by atoms with Crippen LogP contribution in [0.5, 0.6) is 0 Å². The molecule has 0 radical (unpaired) electrons. The van der Waals surface area contributed by atoms with Crippen molar-refractivity contribution in [2.24, 2.45) is 0 Å². The van der Waals surface area contributed by atoms with Gasteiger partial charge in [-0.15, -0.1) is 0 Å². The molecule has 1 aromatic heterocycles. The summed E-state index contributed by atoms with van der Waals surface area (Å²) in [6.07, 6.45) is 9.63. The first-order valence-electron chi connectivity index (χ1n) is 13.7. The van der Waals surface area contributed by atoms with E-state index in [2.05, 4.69) is 49.0 Å². The summed E-state index contributed by atoms with van der Waals surface area (Å²) in [5.41, 5.74) is 4.61. The number of carbonyl (C=O) groups excluding carboxylic acids is 2. The van der Waals surface area contributed by atoms with Gasteiger partial charge < -0.3 is 30.5 Å². The Labute approximate surface area is 223 Å². The molecule has 0 spiro atoms. The van der Waals surface area contributed by atoms with Crippen LogP contribution in [0.25, 0.3) is 5.57 Å². The third kappa shape index (κ3) is 6.07. The molecule has 10 nitrogen and oxygen atoms in total. The molecule has 1 aromatic carbocycles. The fourth-order valence-electron chi connectivity index (χ4n) is 5.22. The van der Waals surface area contributed by atoms with Crippen molar-refractivity contribution in [3.8, 4) is 0 Å². The maximum Gasteiger partial charge on any atom is 0.259 e. The van der Waals surface area contributed by atoms with Gasteiger partial charge in [-0.05, 0) is 49.4 Å². The van der Waals surface area contributed by atoms with E-state index in [1.807, 2.05) is 11.9 Å². The first kappa shape index (κ1) is 26.0. The average Bonchev–Trinajstić information content (AvgIpc) is 3.27. The van der Waals surface area contributed by atoms with Crippen molar-refractivity contribution in [2.75, 3.05) is 67.3 Å². The lowest BCUT2D eigenvalue weighted by atomic mass is 10.0. The number of hydrogen-bond donors (Lipinski definition) is 3. The van der Waals surface area contributed by atoms with Gasteiger partial charge in [0.15, 0.2) is 0 Å². The fourth-order valence-corrected chi connectivity index (χ4v) is 5.22. The molecule has 3 aliphatic heterocycles. The first-order chi connectivity index (χ1) is 18.6. The third-order valence-electron chi connectivity index (χ3n) is 7.38. The molecular formula is C28H37N7O3. The Morgan fingerprint density at radius 3 is 2.55 bits per heavy atom. The number of aromatic nitrogens is 2. The number of nitrogens with one attached hydrogen (secondary N) is 3. The summed E-state index contributed by atoms with van der Waals surface area (Å²) in [6, 6.07) is 6.42. The number of amides is 2. The number of nitrogens with zero attached hydrogens (tertiary/aromatic N) is 4. The van der Waals surface area contributed by atoms with Gasteiger partial charge in [-0.3, -0.25) is 9.59 Å². The van der Waals surface area contributed by atoms with E-state index in [1.165, 1.54) is 17.6 Å². The summed E-state index contributed by atoms with van der Waals surface area (Å²) < 4.78 is 5.57. The van der Waals surface area contributed by atoms with Crippen molar-refractivity contribution < 1.29 is 14.3 Å².